The number of hydrogen-bond donors (Lipinski definition) is 2. The molecule has 0 spiro atoms. The van der Waals surface area contributed by atoms with E-state index < -0.39 is 0 Å². The van der Waals surface area contributed by atoms with E-state index in [0.717, 1.165) is 18.8 Å². The molecular weight excluding hydrogens is 206 g/mol. The van der Waals surface area contributed by atoms with Crippen LogP contribution in [0.5, 0.6) is 0 Å². The summed E-state index contributed by atoms with van der Waals surface area (Å²) in [7, 11) is 0. The molecule has 1 amide bonds. The van der Waals surface area contributed by atoms with Crippen molar-refractivity contribution < 1.29 is 4.79 Å². The van der Waals surface area contributed by atoms with E-state index in [1.165, 1.54) is 0 Å². The lowest BCUT2D eigenvalue weighted by atomic mass is 10.4. The van der Waals surface area contributed by atoms with E-state index in [1.807, 2.05) is 11.6 Å². The van der Waals surface area contributed by atoms with E-state index in [1.54, 1.807) is 6.33 Å². The first-order valence-electron chi connectivity index (χ1n) is 5.62. The van der Waals surface area contributed by atoms with E-state index >= 15 is 0 Å². The SMILES string of the molecule is CCCn1ncnc1CNCC(=O)NCC. The second-order valence-corrected chi connectivity index (χ2v) is 3.46. The van der Waals surface area contributed by atoms with Gasteiger partial charge in [0.05, 0.1) is 13.1 Å². The number of aryl methyl sites for hydroxylation is 1. The first kappa shape index (κ1) is 12.6. The first-order valence-corrected chi connectivity index (χ1v) is 5.62. The molecule has 0 fully saturated rings. The number of nitrogens with one attached hydrogen (secondary N) is 2. The van der Waals surface area contributed by atoms with Gasteiger partial charge in [-0.1, -0.05) is 6.92 Å². The van der Waals surface area contributed by atoms with Crippen LogP contribution >= 0.6 is 0 Å². The largest absolute Gasteiger partial charge is 0.355 e. The van der Waals surface area contributed by atoms with E-state index in [9.17, 15) is 4.79 Å². The fraction of sp³-hybridized carbons (Fsp3) is 0.700. The molecule has 0 radical (unpaired) electrons. The second kappa shape index (κ2) is 6.95. The van der Waals surface area contributed by atoms with Gasteiger partial charge in [0.15, 0.2) is 0 Å². The number of nitrogens with zero attached hydrogens (tertiary/aromatic N) is 3. The molecule has 0 aromatic carbocycles. The quantitative estimate of drug-likeness (QED) is 0.680. The Morgan fingerprint density at radius 1 is 1.50 bits per heavy atom. The molecule has 90 valence electrons. The Balaban J connectivity index is 2.31. The van der Waals surface area contributed by atoms with Crippen LogP contribution < -0.4 is 10.6 Å². The van der Waals surface area contributed by atoms with Crippen molar-refractivity contribution >= 4 is 5.91 Å². The Hall–Kier alpha value is -1.43. The minimum absolute atomic E-state index is 0.00376. The highest BCUT2D eigenvalue weighted by molar-refractivity contribution is 5.77. The molecule has 0 saturated heterocycles. The number of hydrogen-bond acceptors (Lipinski definition) is 4. The highest BCUT2D eigenvalue weighted by Crippen LogP contribution is 1.94. The van der Waals surface area contributed by atoms with Gasteiger partial charge in [0.2, 0.25) is 5.91 Å². The summed E-state index contributed by atoms with van der Waals surface area (Å²) in [6.07, 6.45) is 2.56. The van der Waals surface area contributed by atoms with E-state index in [0.29, 0.717) is 19.6 Å². The summed E-state index contributed by atoms with van der Waals surface area (Å²) in [5.41, 5.74) is 0. The second-order valence-electron chi connectivity index (χ2n) is 3.46. The van der Waals surface area contributed by atoms with Crippen LogP contribution in [0, 0.1) is 0 Å². The van der Waals surface area contributed by atoms with Gasteiger partial charge in [0.1, 0.15) is 12.2 Å². The molecule has 0 aliphatic heterocycles. The molecule has 2 N–H and O–H groups in total. The van der Waals surface area contributed by atoms with Crippen LogP contribution in [0.2, 0.25) is 0 Å². The van der Waals surface area contributed by atoms with Crippen LogP contribution in [0.1, 0.15) is 26.1 Å². The summed E-state index contributed by atoms with van der Waals surface area (Å²) >= 11 is 0. The molecule has 0 saturated carbocycles. The van der Waals surface area contributed by atoms with Crippen molar-refractivity contribution in [1.29, 1.82) is 0 Å². The number of carbonyl (C=O) groups is 1. The van der Waals surface area contributed by atoms with Crippen molar-refractivity contribution in [3.63, 3.8) is 0 Å². The zero-order chi connectivity index (χ0) is 11.8. The molecule has 16 heavy (non-hydrogen) atoms. The zero-order valence-electron chi connectivity index (χ0n) is 9.86. The number of rotatable bonds is 7. The predicted molar refractivity (Wildman–Crippen MR) is 60.7 cm³/mol. The lowest BCUT2D eigenvalue weighted by molar-refractivity contribution is -0.120. The molecule has 0 aliphatic carbocycles. The molecule has 0 unspecified atom stereocenters. The van der Waals surface area contributed by atoms with Crippen LogP contribution in [0.15, 0.2) is 6.33 Å². The maximum absolute atomic E-state index is 11.2. The van der Waals surface area contributed by atoms with Gasteiger partial charge in [-0.25, -0.2) is 9.67 Å². The summed E-state index contributed by atoms with van der Waals surface area (Å²) < 4.78 is 1.85. The Morgan fingerprint density at radius 3 is 3.00 bits per heavy atom. The lowest BCUT2D eigenvalue weighted by Gasteiger charge is -2.06. The molecule has 1 aromatic rings. The highest BCUT2D eigenvalue weighted by atomic mass is 16.1. The van der Waals surface area contributed by atoms with Crippen molar-refractivity contribution in [2.24, 2.45) is 0 Å². The molecule has 0 aliphatic rings. The number of amides is 1. The summed E-state index contributed by atoms with van der Waals surface area (Å²) in [5.74, 6) is 0.871. The van der Waals surface area contributed by atoms with E-state index in [4.69, 9.17) is 0 Å². The third kappa shape index (κ3) is 3.98. The maximum atomic E-state index is 11.2. The van der Waals surface area contributed by atoms with Crippen molar-refractivity contribution in [2.75, 3.05) is 13.1 Å². The molecular formula is C10H19N5O. The van der Waals surface area contributed by atoms with E-state index in [-0.39, 0.29) is 5.91 Å². The smallest absolute Gasteiger partial charge is 0.233 e. The number of aromatic nitrogens is 3. The Labute approximate surface area is 95.4 Å². The predicted octanol–water partition coefficient (Wildman–Crippen LogP) is -0.0862. The summed E-state index contributed by atoms with van der Waals surface area (Å²) in [4.78, 5) is 15.3. The molecule has 0 atom stereocenters. The van der Waals surface area contributed by atoms with Gasteiger partial charge in [-0.3, -0.25) is 4.79 Å². The van der Waals surface area contributed by atoms with Crippen molar-refractivity contribution in [2.45, 2.75) is 33.4 Å². The lowest BCUT2D eigenvalue weighted by Crippen LogP contribution is -2.33. The normalized spacial score (nSPS) is 10.4. The molecule has 1 aromatic heterocycles. The molecule has 0 bridgehead atoms. The summed E-state index contributed by atoms with van der Waals surface area (Å²) in [6, 6.07) is 0. The average Bonchev–Trinajstić information content (AvgIpc) is 2.67. The fourth-order valence-electron chi connectivity index (χ4n) is 1.37. The zero-order valence-corrected chi connectivity index (χ0v) is 9.86. The Bertz CT molecular complexity index is 323. The molecule has 1 rings (SSSR count). The van der Waals surface area contributed by atoms with Crippen molar-refractivity contribution in [3.05, 3.63) is 12.2 Å². The Morgan fingerprint density at radius 2 is 2.31 bits per heavy atom. The topological polar surface area (TPSA) is 71.8 Å². The number of carbonyl (C=O) groups excluding carboxylic acids is 1. The van der Waals surface area contributed by atoms with Crippen LogP contribution in [0.3, 0.4) is 0 Å². The summed E-state index contributed by atoms with van der Waals surface area (Å²) in [5, 5.41) is 9.86. The standard InChI is InChI=1S/C10H19N5O/c1-3-5-15-9(13-8-14-15)6-11-7-10(16)12-4-2/h8,11H,3-7H2,1-2H3,(H,12,16). The van der Waals surface area contributed by atoms with Gasteiger partial charge in [-0.2, -0.15) is 5.10 Å². The maximum Gasteiger partial charge on any atom is 0.233 e. The highest BCUT2D eigenvalue weighted by Gasteiger charge is 2.04. The average molecular weight is 225 g/mol. The van der Waals surface area contributed by atoms with Gasteiger partial charge in [-0.05, 0) is 13.3 Å². The third-order valence-electron chi connectivity index (χ3n) is 2.07. The van der Waals surface area contributed by atoms with Gasteiger partial charge < -0.3 is 10.6 Å². The van der Waals surface area contributed by atoms with Crippen LogP contribution in [0.4, 0.5) is 0 Å². The van der Waals surface area contributed by atoms with Gasteiger partial charge in [-0.15, -0.1) is 0 Å². The monoisotopic (exact) mass is 225 g/mol. The van der Waals surface area contributed by atoms with Crippen LogP contribution in [-0.4, -0.2) is 33.8 Å². The van der Waals surface area contributed by atoms with Crippen LogP contribution in [0.25, 0.3) is 0 Å². The van der Waals surface area contributed by atoms with E-state index in [2.05, 4.69) is 27.6 Å². The summed E-state index contributed by atoms with van der Waals surface area (Å²) in [6.45, 7) is 6.39. The van der Waals surface area contributed by atoms with Gasteiger partial charge in [0, 0.05) is 13.1 Å². The van der Waals surface area contributed by atoms with Crippen molar-refractivity contribution in [3.8, 4) is 0 Å². The van der Waals surface area contributed by atoms with Gasteiger partial charge in [0.25, 0.3) is 0 Å². The first-order chi connectivity index (χ1) is 7.77. The van der Waals surface area contributed by atoms with Crippen LogP contribution in [-0.2, 0) is 17.9 Å². The number of likely N-dealkylation sites (N-methyl/N-ethyl adjacent to an activating group) is 1. The minimum atomic E-state index is 0.00376. The minimum Gasteiger partial charge on any atom is -0.355 e. The molecule has 6 nitrogen and oxygen atoms in total. The fourth-order valence-corrected chi connectivity index (χ4v) is 1.37. The molecule has 6 heteroatoms. The Kier molecular flexibility index (Phi) is 5.49. The molecule has 1 heterocycles. The van der Waals surface area contributed by atoms with Gasteiger partial charge >= 0.3 is 0 Å². The van der Waals surface area contributed by atoms with Crippen molar-refractivity contribution in [1.82, 2.24) is 25.4 Å². The third-order valence-corrected chi connectivity index (χ3v) is 2.07.